The molecule has 1 aromatic carbocycles. The molecular formula is C13H14FN3O2. The molecular weight excluding hydrogens is 249 g/mol. The molecule has 0 bridgehead atoms. The fourth-order valence-electron chi connectivity index (χ4n) is 1.64. The third-order valence-corrected chi connectivity index (χ3v) is 2.49. The van der Waals surface area contributed by atoms with Gasteiger partial charge in [0.2, 0.25) is 0 Å². The summed E-state index contributed by atoms with van der Waals surface area (Å²) >= 11 is 0. The number of nitrogens with zero attached hydrogens (tertiary/aromatic N) is 2. The van der Waals surface area contributed by atoms with Crippen molar-refractivity contribution in [3.63, 3.8) is 0 Å². The number of carbonyl (C=O) groups is 1. The van der Waals surface area contributed by atoms with Crippen molar-refractivity contribution in [2.24, 2.45) is 0 Å². The molecule has 0 amide bonds. The van der Waals surface area contributed by atoms with Gasteiger partial charge in [0.1, 0.15) is 11.5 Å². The lowest BCUT2D eigenvalue weighted by molar-refractivity contribution is 0.0712. The van der Waals surface area contributed by atoms with E-state index in [-0.39, 0.29) is 23.3 Å². The van der Waals surface area contributed by atoms with E-state index in [0.29, 0.717) is 0 Å². The van der Waals surface area contributed by atoms with Gasteiger partial charge in [-0.3, -0.25) is 4.68 Å². The van der Waals surface area contributed by atoms with Crippen LogP contribution in [0.5, 0.6) is 5.75 Å². The molecule has 19 heavy (non-hydrogen) atoms. The first kappa shape index (κ1) is 13.1. The van der Waals surface area contributed by atoms with Gasteiger partial charge in [-0.1, -0.05) is 12.1 Å². The summed E-state index contributed by atoms with van der Waals surface area (Å²) in [5.41, 5.74) is 5.76. The van der Waals surface area contributed by atoms with Gasteiger partial charge in [0.25, 0.3) is 0 Å². The predicted octanol–water partition coefficient (Wildman–Crippen LogP) is 2.40. The number of benzene rings is 1. The first-order valence-corrected chi connectivity index (χ1v) is 5.80. The molecule has 0 aliphatic carbocycles. The summed E-state index contributed by atoms with van der Waals surface area (Å²) < 4.78 is 19.9. The SMILES string of the molecule is CC(C)n1nc(N)cc1C(=O)Oc1ccccc1F. The molecule has 2 aromatic rings. The van der Waals surface area contributed by atoms with Crippen molar-refractivity contribution < 1.29 is 13.9 Å². The lowest BCUT2D eigenvalue weighted by Crippen LogP contribution is -2.17. The Hall–Kier alpha value is -2.37. The molecule has 0 saturated carbocycles. The topological polar surface area (TPSA) is 70.1 Å². The zero-order chi connectivity index (χ0) is 14.0. The maximum absolute atomic E-state index is 13.4. The van der Waals surface area contributed by atoms with Crippen LogP contribution in [0.1, 0.15) is 30.4 Å². The van der Waals surface area contributed by atoms with Gasteiger partial charge >= 0.3 is 5.97 Å². The maximum atomic E-state index is 13.4. The molecule has 2 N–H and O–H groups in total. The van der Waals surface area contributed by atoms with E-state index in [1.54, 1.807) is 6.07 Å². The summed E-state index contributed by atoms with van der Waals surface area (Å²) in [6.45, 7) is 3.71. The fourth-order valence-corrected chi connectivity index (χ4v) is 1.64. The van der Waals surface area contributed by atoms with Gasteiger partial charge in [-0.25, -0.2) is 9.18 Å². The van der Waals surface area contributed by atoms with E-state index in [0.717, 1.165) is 0 Å². The highest BCUT2D eigenvalue weighted by atomic mass is 19.1. The van der Waals surface area contributed by atoms with Gasteiger partial charge in [0, 0.05) is 12.1 Å². The zero-order valence-electron chi connectivity index (χ0n) is 10.6. The monoisotopic (exact) mass is 263 g/mol. The first-order valence-electron chi connectivity index (χ1n) is 5.80. The highest BCUT2D eigenvalue weighted by molar-refractivity contribution is 5.90. The van der Waals surface area contributed by atoms with Crippen LogP contribution in [0.2, 0.25) is 0 Å². The number of anilines is 1. The molecule has 6 heteroatoms. The number of para-hydroxylation sites is 1. The molecule has 0 atom stereocenters. The van der Waals surface area contributed by atoms with Gasteiger partial charge in [-0.05, 0) is 26.0 Å². The molecule has 0 saturated heterocycles. The Morgan fingerprint density at radius 3 is 2.74 bits per heavy atom. The third-order valence-electron chi connectivity index (χ3n) is 2.49. The summed E-state index contributed by atoms with van der Waals surface area (Å²) in [6.07, 6.45) is 0. The molecule has 0 spiro atoms. The van der Waals surface area contributed by atoms with Crippen molar-refractivity contribution in [1.82, 2.24) is 9.78 Å². The molecule has 5 nitrogen and oxygen atoms in total. The van der Waals surface area contributed by atoms with E-state index >= 15 is 0 Å². The average molecular weight is 263 g/mol. The summed E-state index contributed by atoms with van der Waals surface area (Å²) in [5.74, 6) is -1.20. The number of nitrogens with two attached hydrogens (primary N) is 1. The minimum absolute atomic E-state index is 0.0551. The van der Waals surface area contributed by atoms with Crippen molar-refractivity contribution in [3.05, 3.63) is 41.8 Å². The molecule has 0 unspecified atom stereocenters. The smallest absolute Gasteiger partial charge is 0.362 e. The van der Waals surface area contributed by atoms with Gasteiger partial charge < -0.3 is 10.5 Å². The lowest BCUT2D eigenvalue weighted by atomic mass is 10.3. The predicted molar refractivity (Wildman–Crippen MR) is 68.4 cm³/mol. The maximum Gasteiger partial charge on any atom is 0.362 e. The minimum Gasteiger partial charge on any atom is -0.419 e. The summed E-state index contributed by atoms with van der Waals surface area (Å²) in [4.78, 5) is 12.0. The Morgan fingerprint density at radius 2 is 2.11 bits per heavy atom. The number of rotatable bonds is 3. The zero-order valence-corrected chi connectivity index (χ0v) is 10.6. The van der Waals surface area contributed by atoms with E-state index < -0.39 is 11.8 Å². The van der Waals surface area contributed by atoms with Crippen LogP contribution in [0, 0.1) is 5.82 Å². The Labute approximate surface area is 109 Å². The second kappa shape index (κ2) is 5.09. The second-order valence-corrected chi connectivity index (χ2v) is 4.31. The van der Waals surface area contributed by atoms with Crippen LogP contribution in [0.25, 0.3) is 0 Å². The number of carbonyl (C=O) groups excluding carboxylic acids is 1. The molecule has 0 fully saturated rings. The fraction of sp³-hybridized carbons (Fsp3) is 0.231. The Kier molecular flexibility index (Phi) is 3.50. The molecule has 0 aliphatic heterocycles. The summed E-state index contributed by atoms with van der Waals surface area (Å²) in [5, 5.41) is 4.00. The van der Waals surface area contributed by atoms with Gasteiger partial charge in [0.05, 0.1) is 0 Å². The normalized spacial score (nSPS) is 10.7. The number of esters is 1. The molecule has 2 rings (SSSR count). The van der Waals surface area contributed by atoms with Crippen molar-refractivity contribution >= 4 is 11.8 Å². The van der Waals surface area contributed by atoms with Crippen LogP contribution >= 0.6 is 0 Å². The van der Waals surface area contributed by atoms with Crippen LogP contribution in [0.4, 0.5) is 10.2 Å². The first-order chi connectivity index (χ1) is 8.99. The number of ether oxygens (including phenoxy) is 1. The van der Waals surface area contributed by atoms with Crippen molar-refractivity contribution in [2.45, 2.75) is 19.9 Å². The number of halogens is 1. The number of hydrogen-bond acceptors (Lipinski definition) is 4. The van der Waals surface area contributed by atoms with Crippen molar-refractivity contribution in [1.29, 1.82) is 0 Å². The summed E-state index contributed by atoms with van der Waals surface area (Å²) in [6, 6.07) is 7.05. The largest absolute Gasteiger partial charge is 0.419 e. The third kappa shape index (κ3) is 2.73. The van der Waals surface area contributed by atoms with Gasteiger partial charge in [0.15, 0.2) is 11.6 Å². The van der Waals surface area contributed by atoms with E-state index in [9.17, 15) is 9.18 Å². The Bertz CT molecular complexity index is 608. The molecule has 0 radical (unpaired) electrons. The average Bonchev–Trinajstić information content (AvgIpc) is 2.74. The molecule has 0 aliphatic rings. The molecule has 100 valence electrons. The summed E-state index contributed by atoms with van der Waals surface area (Å²) in [7, 11) is 0. The number of hydrogen-bond donors (Lipinski definition) is 1. The quantitative estimate of drug-likeness (QED) is 0.682. The Morgan fingerprint density at radius 1 is 1.42 bits per heavy atom. The number of nitrogen functional groups attached to an aromatic ring is 1. The van der Waals surface area contributed by atoms with Crippen LogP contribution in [0.15, 0.2) is 30.3 Å². The van der Waals surface area contributed by atoms with E-state index in [2.05, 4.69) is 5.10 Å². The van der Waals surface area contributed by atoms with Crippen LogP contribution in [0.3, 0.4) is 0 Å². The molecule has 1 aromatic heterocycles. The standard InChI is InChI=1S/C13H14FN3O2/c1-8(2)17-10(7-12(15)16-17)13(18)19-11-6-4-3-5-9(11)14/h3-8H,1-2H3,(H2,15,16). The van der Waals surface area contributed by atoms with E-state index in [1.807, 2.05) is 13.8 Å². The highest BCUT2D eigenvalue weighted by Gasteiger charge is 2.19. The van der Waals surface area contributed by atoms with Crippen LogP contribution in [-0.2, 0) is 0 Å². The van der Waals surface area contributed by atoms with E-state index in [1.165, 1.54) is 28.9 Å². The lowest BCUT2D eigenvalue weighted by Gasteiger charge is -2.10. The van der Waals surface area contributed by atoms with Crippen LogP contribution < -0.4 is 10.5 Å². The number of aromatic nitrogens is 2. The van der Waals surface area contributed by atoms with Gasteiger partial charge in [-0.15, -0.1) is 0 Å². The van der Waals surface area contributed by atoms with E-state index in [4.69, 9.17) is 10.5 Å². The van der Waals surface area contributed by atoms with Crippen molar-refractivity contribution in [3.8, 4) is 5.75 Å². The molecule has 1 heterocycles. The Balaban J connectivity index is 2.28. The van der Waals surface area contributed by atoms with Crippen molar-refractivity contribution in [2.75, 3.05) is 5.73 Å². The van der Waals surface area contributed by atoms with Gasteiger partial charge in [-0.2, -0.15) is 5.10 Å². The van der Waals surface area contributed by atoms with Crippen LogP contribution in [-0.4, -0.2) is 15.7 Å². The minimum atomic E-state index is -0.692. The highest BCUT2D eigenvalue weighted by Crippen LogP contribution is 2.19. The second-order valence-electron chi connectivity index (χ2n) is 4.31.